The lowest BCUT2D eigenvalue weighted by molar-refractivity contribution is -0.124. The number of hydrogen-bond acceptors (Lipinski definition) is 3. The number of nitrogens with one attached hydrogen (secondary N) is 1. The first-order chi connectivity index (χ1) is 13.9. The summed E-state index contributed by atoms with van der Waals surface area (Å²) in [6.45, 7) is 2.89. The van der Waals surface area contributed by atoms with Gasteiger partial charge in [-0.3, -0.25) is 9.69 Å². The molecule has 0 radical (unpaired) electrons. The molecule has 1 aromatic rings. The number of carbonyl (C=O) groups excluding carboxylic acids is 1. The first-order valence-corrected chi connectivity index (χ1v) is 11.5. The molecule has 0 aromatic heterocycles. The maximum atomic E-state index is 13.5. The van der Waals surface area contributed by atoms with Gasteiger partial charge in [0.1, 0.15) is 5.82 Å². The molecule has 4 nitrogen and oxygen atoms in total. The first-order valence-electron chi connectivity index (χ1n) is 11.1. The van der Waals surface area contributed by atoms with E-state index in [0.717, 1.165) is 45.3 Å². The monoisotopic (exact) mass is 422 g/mol. The number of rotatable bonds is 5. The molecule has 0 bridgehead atoms. The van der Waals surface area contributed by atoms with Crippen LogP contribution in [0.15, 0.2) is 18.2 Å². The van der Waals surface area contributed by atoms with Crippen LogP contribution in [0.1, 0.15) is 57.8 Å². The standard InChI is InChI=1S/C23H32ClFN2O2/c24-18-10-19(25)12-20(11-18)26-22(29)17-6-8-23(9-7-17)14-27(15-23)13-21(28)16-4-2-1-3-5-16/h10-12,16-17,21,28H,1-9,13-15H2,(H,26,29). The van der Waals surface area contributed by atoms with Crippen LogP contribution in [0.3, 0.4) is 0 Å². The molecule has 3 aliphatic rings. The Morgan fingerprint density at radius 3 is 2.52 bits per heavy atom. The average molecular weight is 423 g/mol. The fourth-order valence-corrected chi connectivity index (χ4v) is 5.86. The molecule has 1 aliphatic heterocycles. The highest BCUT2D eigenvalue weighted by Gasteiger charge is 2.46. The van der Waals surface area contributed by atoms with Crippen molar-refractivity contribution in [3.8, 4) is 0 Å². The van der Waals surface area contributed by atoms with E-state index >= 15 is 0 Å². The summed E-state index contributed by atoms with van der Waals surface area (Å²) in [5.74, 6) is -0.0219. The number of nitrogens with zero attached hydrogens (tertiary/aromatic N) is 1. The third-order valence-corrected chi connectivity index (χ3v) is 7.52. The number of aliphatic hydroxyl groups is 1. The number of amides is 1. The molecule has 1 atom stereocenters. The quantitative estimate of drug-likeness (QED) is 0.713. The number of aliphatic hydroxyl groups excluding tert-OH is 1. The average Bonchev–Trinajstić information content (AvgIpc) is 2.67. The van der Waals surface area contributed by atoms with Crippen LogP contribution in [0.5, 0.6) is 0 Å². The molecule has 6 heteroatoms. The molecule has 1 aromatic carbocycles. The Kier molecular flexibility index (Phi) is 6.47. The molecular weight excluding hydrogens is 391 g/mol. The van der Waals surface area contributed by atoms with Crippen molar-refractivity contribution in [3.63, 3.8) is 0 Å². The van der Waals surface area contributed by atoms with Gasteiger partial charge in [-0.25, -0.2) is 4.39 Å². The molecule has 160 valence electrons. The number of hydrogen-bond donors (Lipinski definition) is 2. The number of carbonyl (C=O) groups is 1. The van der Waals surface area contributed by atoms with E-state index in [1.807, 2.05) is 0 Å². The fourth-order valence-electron chi connectivity index (χ4n) is 5.64. The number of anilines is 1. The summed E-state index contributed by atoms with van der Waals surface area (Å²) < 4.78 is 13.5. The van der Waals surface area contributed by atoms with Gasteiger partial charge in [0, 0.05) is 36.3 Å². The Balaban J connectivity index is 1.21. The Bertz CT molecular complexity index is 701. The number of halogens is 2. The predicted octanol–water partition coefficient (Wildman–Crippen LogP) is 4.85. The summed E-state index contributed by atoms with van der Waals surface area (Å²) >= 11 is 5.87. The molecule has 1 heterocycles. The zero-order valence-electron chi connectivity index (χ0n) is 17.0. The lowest BCUT2D eigenvalue weighted by Crippen LogP contribution is -2.59. The topological polar surface area (TPSA) is 52.6 Å². The molecule has 29 heavy (non-hydrogen) atoms. The van der Waals surface area contributed by atoms with Gasteiger partial charge in [0.05, 0.1) is 6.10 Å². The van der Waals surface area contributed by atoms with Crippen LogP contribution in [0.2, 0.25) is 5.02 Å². The molecule has 1 unspecified atom stereocenters. The zero-order valence-corrected chi connectivity index (χ0v) is 17.8. The predicted molar refractivity (Wildman–Crippen MR) is 113 cm³/mol. The minimum atomic E-state index is -0.444. The summed E-state index contributed by atoms with van der Waals surface area (Å²) in [4.78, 5) is 15.0. The van der Waals surface area contributed by atoms with Crippen molar-refractivity contribution in [2.45, 2.75) is 63.9 Å². The second kappa shape index (κ2) is 8.91. The number of benzene rings is 1. The summed E-state index contributed by atoms with van der Waals surface area (Å²) in [6, 6.07) is 4.11. The van der Waals surface area contributed by atoms with Gasteiger partial charge in [0.15, 0.2) is 0 Å². The molecule has 1 saturated heterocycles. The summed E-state index contributed by atoms with van der Waals surface area (Å²) in [7, 11) is 0. The lowest BCUT2D eigenvalue weighted by Gasteiger charge is -2.54. The van der Waals surface area contributed by atoms with Crippen molar-refractivity contribution in [1.29, 1.82) is 0 Å². The summed E-state index contributed by atoms with van der Waals surface area (Å²) in [5.41, 5.74) is 0.748. The Morgan fingerprint density at radius 2 is 1.86 bits per heavy atom. The van der Waals surface area contributed by atoms with Crippen LogP contribution in [-0.2, 0) is 4.79 Å². The van der Waals surface area contributed by atoms with Gasteiger partial charge in [-0.15, -0.1) is 0 Å². The van der Waals surface area contributed by atoms with Gasteiger partial charge < -0.3 is 10.4 Å². The number of β-amino-alcohol motifs (C(OH)–C–C–N with tert-alkyl or cyclic N) is 1. The number of likely N-dealkylation sites (tertiary alicyclic amines) is 1. The Morgan fingerprint density at radius 1 is 1.17 bits per heavy atom. The third kappa shape index (κ3) is 5.12. The van der Waals surface area contributed by atoms with E-state index < -0.39 is 5.82 Å². The van der Waals surface area contributed by atoms with Crippen LogP contribution in [0, 0.1) is 23.1 Å². The van der Waals surface area contributed by atoms with Crippen LogP contribution < -0.4 is 5.32 Å². The first kappa shape index (κ1) is 21.1. The van der Waals surface area contributed by atoms with Crippen molar-refractivity contribution in [2.75, 3.05) is 25.0 Å². The van der Waals surface area contributed by atoms with Gasteiger partial charge in [-0.2, -0.15) is 0 Å². The van der Waals surface area contributed by atoms with E-state index in [2.05, 4.69) is 10.2 Å². The highest BCUT2D eigenvalue weighted by molar-refractivity contribution is 6.30. The van der Waals surface area contributed by atoms with Gasteiger partial charge in [-0.1, -0.05) is 30.9 Å². The van der Waals surface area contributed by atoms with E-state index in [-0.39, 0.29) is 23.0 Å². The molecule has 2 N–H and O–H groups in total. The minimum absolute atomic E-state index is 0.0236. The maximum Gasteiger partial charge on any atom is 0.227 e. The second-order valence-electron chi connectivity index (χ2n) is 9.56. The van der Waals surface area contributed by atoms with Gasteiger partial charge >= 0.3 is 0 Å². The van der Waals surface area contributed by atoms with Crippen LogP contribution >= 0.6 is 11.6 Å². The molecule has 1 amide bonds. The highest BCUT2D eigenvalue weighted by atomic mass is 35.5. The van der Waals surface area contributed by atoms with Crippen molar-refractivity contribution in [2.24, 2.45) is 17.3 Å². The molecule has 3 fully saturated rings. The van der Waals surface area contributed by atoms with E-state index in [4.69, 9.17) is 11.6 Å². The van der Waals surface area contributed by atoms with Gasteiger partial charge in [0.2, 0.25) is 5.91 Å². The highest BCUT2D eigenvalue weighted by Crippen LogP contribution is 2.46. The molecule has 2 saturated carbocycles. The van der Waals surface area contributed by atoms with Crippen molar-refractivity contribution in [3.05, 3.63) is 29.0 Å². The maximum absolute atomic E-state index is 13.5. The largest absolute Gasteiger partial charge is 0.392 e. The van der Waals surface area contributed by atoms with E-state index in [9.17, 15) is 14.3 Å². The lowest BCUT2D eigenvalue weighted by atomic mass is 9.65. The third-order valence-electron chi connectivity index (χ3n) is 7.30. The van der Waals surface area contributed by atoms with Crippen LogP contribution in [0.25, 0.3) is 0 Å². The molecular formula is C23H32ClFN2O2. The zero-order chi connectivity index (χ0) is 20.4. The Labute approximate surface area is 177 Å². The molecule has 4 rings (SSSR count). The fraction of sp³-hybridized carbons (Fsp3) is 0.696. The summed E-state index contributed by atoms with van der Waals surface area (Å²) in [6.07, 6.45) is 9.83. The van der Waals surface area contributed by atoms with Crippen LogP contribution in [0.4, 0.5) is 10.1 Å². The SMILES string of the molecule is O=C(Nc1cc(F)cc(Cl)c1)C1CCC2(CC1)CN(CC(O)C1CCCCC1)C2. The van der Waals surface area contributed by atoms with Crippen molar-refractivity contribution in [1.82, 2.24) is 4.90 Å². The van der Waals surface area contributed by atoms with Gasteiger partial charge in [-0.05, 0) is 68.1 Å². The summed E-state index contributed by atoms with van der Waals surface area (Å²) in [5, 5.41) is 13.7. The second-order valence-corrected chi connectivity index (χ2v) is 9.99. The van der Waals surface area contributed by atoms with Crippen LogP contribution in [-0.4, -0.2) is 41.7 Å². The van der Waals surface area contributed by atoms with E-state index in [0.29, 0.717) is 17.0 Å². The molecule has 2 aliphatic carbocycles. The normalized spacial score (nSPS) is 24.2. The Hall–Kier alpha value is -1.17. The minimum Gasteiger partial charge on any atom is -0.392 e. The van der Waals surface area contributed by atoms with Gasteiger partial charge in [0.25, 0.3) is 0 Å². The van der Waals surface area contributed by atoms with Crippen molar-refractivity contribution < 1.29 is 14.3 Å². The molecule has 1 spiro atoms. The smallest absolute Gasteiger partial charge is 0.227 e. The van der Waals surface area contributed by atoms with Crippen molar-refractivity contribution >= 4 is 23.2 Å². The van der Waals surface area contributed by atoms with E-state index in [1.165, 1.54) is 44.2 Å². The van der Waals surface area contributed by atoms with E-state index in [1.54, 1.807) is 6.07 Å².